The van der Waals surface area contributed by atoms with Crippen molar-refractivity contribution < 1.29 is 23.9 Å². The molecule has 31 heavy (non-hydrogen) atoms. The summed E-state index contributed by atoms with van der Waals surface area (Å²) < 4.78 is 16.2. The molecule has 0 heterocycles. The van der Waals surface area contributed by atoms with Gasteiger partial charge in [0.1, 0.15) is 18.1 Å². The van der Waals surface area contributed by atoms with Crippen LogP contribution in [0, 0.1) is 10.1 Å². The fourth-order valence-electron chi connectivity index (χ4n) is 2.95. The molecule has 3 rings (SSSR count). The van der Waals surface area contributed by atoms with Crippen molar-refractivity contribution in [3.8, 4) is 17.2 Å². The summed E-state index contributed by atoms with van der Waals surface area (Å²) in [6.45, 7) is 0.0690. The van der Waals surface area contributed by atoms with Crippen molar-refractivity contribution in [3.63, 3.8) is 0 Å². The molecule has 3 aromatic rings. The summed E-state index contributed by atoms with van der Waals surface area (Å²) in [7, 11) is 3.08. The number of ketones is 1. The molecule has 0 saturated heterocycles. The number of methoxy groups -OCH3 is 2. The summed E-state index contributed by atoms with van der Waals surface area (Å²) in [5.74, 6) is 1.20. The lowest BCUT2D eigenvalue weighted by molar-refractivity contribution is -0.385. The normalized spacial score (nSPS) is 10.6. The second-order valence-electron chi connectivity index (χ2n) is 6.51. The van der Waals surface area contributed by atoms with Gasteiger partial charge in [0.25, 0.3) is 0 Å². The monoisotopic (exact) mass is 419 g/mol. The van der Waals surface area contributed by atoms with E-state index in [9.17, 15) is 14.9 Å². The maximum Gasteiger partial charge on any atom is 0.310 e. The summed E-state index contributed by atoms with van der Waals surface area (Å²) in [6, 6.07) is 18.5. The number of carbonyl (C=O) groups is 1. The van der Waals surface area contributed by atoms with E-state index < -0.39 is 4.92 Å². The van der Waals surface area contributed by atoms with E-state index in [4.69, 9.17) is 14.2 Å². The van der Waals surface area contributed by atoms with Crippen molar-refractivity contribution >= 4 is 17.5 Å². The van der Waals surface area contributed by atoms with Crippen LogP contribution in [0.5, 0.6) is 17.2 Å². The topological polar surface area (TPSA) is 87.9 Å². The summed E-state index contributed by atoms with van der Waals surface area (Å²) in [4.78, 5) is 23.1. The van der Waals surface area contributed by atoms with Gasteiger partial charge in [-0.3, -0.25) is 14.9 Å². The molecule has 158 valence electrons. The molecule has 0 atom stereocenters. The first-order chi connectivity index (χ1) is 15.0. The molecule has 0 aliphatic heterocycles. The smallest absolute Gasteiger partial charge is 0.310 e. The van der Waals surface area contributed by atoms with Crippen LogP contribution in [0.2, 0.25) is 0 Å². The van der Waals surface area contributed by atoms with Gasteiger partial charge in [0.2, 0.25) is 0 Å². The molecule has 3 aromatic carbocycles. The zero-order valence-electron chi connectivity index (χ0n) is 17.1. The highest BCUT2D eigenvalue weighted by Gasteiger charge is 2.14. The van der Waals surface area contributed by atoms with E-state index in [1.54, 1.807) is 61.7 Å². The SMILES string of the molecule is COc1cccc(C(=O)/C=C/c2ccc(OC)c(COc3ccccc3[N+](=O)[O-])c2)c1. The summed E-state index contributed by atoms with van der Waals surface area (Å²) >= 11 is 0. The van der Waals surface area contributed by atoms with Gasteiger partial charge in [-0.15, -0.1) is 0 Å². The minimum absolute atomic E-state index is 0.0690. The Morgan fingerprint density at radius 1 is 0.968 bits per heavy atom. The van der Waals surface area contributed by atoms with Crippen LogP contribution in [0.15, 0.2) is 72.8 Å². The first kappa shape index (κ1) is 21.6. The predicted octanol–water partition coefficient (Wildman–Crippen LogP) is 5.09. The maximum absolute atomic E-state index is 12.5. The van der Waals surface area contributed by atoms with Gasteiger partial charge >= 0.3 is 5.69 Å². The molecule has 0 saturated carbocycles. The van der Waals surface area contributed by atoms with Crippen LogP contribution in [0.3, 0.4) is 0 Å². The predicted molar refractivity (Wildman–Crippen MR) is 117 cm³/mol. The van der Waals surface area contributed by atoms with E-state index >= 15 is 0 Å². The summed E-state index contributed by atoms with van der Waals surface area (Å²) in [5.41, 5.74) is 1.86. The van der Waals surface area contributed by atoms with Crippen LogP contribution in [0.4, 0.5) is 5.69 Å². The minimum atomic E-state index is -0.490. The lowest BCUT2D eigenvalue weighted by Gasteiger charge is -2.11. The van der Waals surface area contributed by atoms with Crippen molar-refractivity contribution in [1.29, 1.82) is 0 Å². The maximum atomic E-state index is 12.5. The standard InChI is InChI=1S/C24H21NO6/c1-29-20-7-5-6-18(15-20)22(26)12-10-17-11-13-23(30-2)19(14-17)16-31-24-9-4-3-8-21(24)25(27)28/h3-15H,16H2,1-2H3/b12-10+. The van der Waals surface area contributed by atoms with Crippen molar-refractivity contribution in [2.75, 3.05) is 14.2 Å². The van der Waals surface area contributed by atoms with Gasteiger partial charge < -0.3 is 14.2 Å². The Kier molecular flexibility index (Phi) is 7.01. The number of hydrogen-bond acceptors (Lipinski definition) is 6. The Morgan fingerprint density at radius 2 is 1.77 bits per heavy atom. The van der Waals surface area contributed by atoms with Crippen LogP contribution in [0.1, 0.15) is 21.5 Å². The number of benzene rings is 3. The zero-order chi connectivity index (χ0) is 22.2. The lowest BCUT2D eigenvalue weighted by Crippen LogP contribution is -2.01. The molecule has 0 aliphatic rings. The van der Waals surface area contributed by atoms with E-state index in [-0.39, 0.29) is 23.8 Å². The van der Waals surface area contributed by atoms with Gasteiger partial charge in [-0.1, -0.05) is 36.4 Å². The number of nitro groups is 1. The molecule has 7 heteroatoms. The van der Waals surface area contributed by atoms with Gasteiger partial charge in [0.15, 0.2) is 11.5 Å². The molecule has 0 N–H and O–H groups in total. The third-order valence-corrected chi connectivity index (χ3v) is 4.53. The molecular weight excluding hydrogens is 398 g/mol. The van der Waals surface area contributed by atoms with Crippen molar-refractivity contribution in [3.05, 3.63) is 99.6 Å². The van der Waals surface area contributed by atoms with Crippen LogP contribution in [0.25, 0.3) is 6.08 Å². The Balaban J connectivity index is 1.78. The van der Waals surface area contributed by atoms with Crippen LogP contribution in [-0.4, -0.2) is 24.9 Å². The van der Waals surface area contributed by atoms with Gasteiger partial charge in [0.05, 0.1) is 19.1 Å². The number of nitrogens with zero attached hydrogens (tertiary/aromatic N) is 1. The molecular formula is C24H21NO6. The molecule has 0 fully saturated rings. The fraction of sp³-hybridized carbons (Fsp3) is 0.125. The Bertz CT molecular complexity index is 1120. The molecule has 0 radical (unpaired) electrons. The van der Waals surface area contributed by atoms with Crippen molar-refractivity contribution in [1.82, 2.24) is 0 Å². The molecule has 0 amide bonds. The Hall–Kier alpha value is -4.13. The molecule has 0 spiro atoms. The number of hydrogen-bond donors (Lipinski definition) is 0. The van der Waals surface area contributed by atoms with Gasteiger partial charge in [-0.25, -0.2) is 0 Å². The van der Waals surface area contributed by atoms with Gasteiger partial charge in [0, 0.05) is 17.2 Å². The molecule has 0 unspecified atom stereocenters. The highest BCUT2D eigenvalue weighted by Crippen LogP contribution is 2.28. The van der Waals surface area contributed by atoms with E-state index in [0.29, 0.717) is 22.6 Å². The third-order valence-electron chi connectivity index (χ3n) is 4.53. The number of nitro benzene ring substituents is 1. The van der Waals surface area contributed by atoms with Crippen molar-refractivity contribution in [2.24, 2.45) is 0 Å². The number of ether oxygens (including phenoxy) is 3. The minimum Gasteiger partial charge on any atom is -0.497 e. The second-order valence-corrected chi connectivity index (χ2v) is 6.51. The quantitative estimate of drug-likeness (QED) is 0.208. The Labute approximate surface area is 179 Å². The van der Waals surface area contributed by atoms with Crippen LogP contribution < -0.4 is 14.2 Å². The molecule has 0 aliphatic carbocycles. The molecule has 0 aromatic heterocycles. The molecule has 7 nitrogen and oxygen atoms in total. The highest BCUT2D eigenvalue weighted by atomic mass is 16.6. The van der Waals surface area contributed by atoms with Gasteiger partial charge in [-0.2, -0.15) is 0 Å². The fourth-order valence-corrected chi connectivity index (χ4v) is 2.95. The van der Waals surface area contributed by atoms with E-state index in [2.05, 4.69) is 0 Å². The number of para-hydroxylation sites is 2. The number of carbonyl (C=O) groups excluding carboxylic acids is 1. The van der Waals surface area contributed by atoms with E-state index in [1.165, 1.54) is 19.3 Å². The first-order valence-electron chi connectivity index (χ1n) is 9.41. The zero-order valence-corrected chi connectivity index (χ0v) is 17.1. The average Bonchev–Trinajstić information content (AvgIpc) is 2.81. The molecule has 0 bridgehead atoms. The Morgan fingerprint density at radius 3 is 2.52 bits per heavy atom. The average molecular weight is 419 g/mol. The first-order valence-corrected chi connectivity index (χ1v) is 9.41. The van der Waals surface area contributed by atoms with E-state index in [0.717, 1.165) is 5.56 Å². The number of rotatable bonds is 9. The summed E-state index contributed by atoms with van der Waals surface area (Å²) in [6.07, 6.45) is 3.17. The summed E-state index contributed by atoms with van der Waals surface area (Å²) in [5, 5.41) is 11.2. The van der Waals surface area contributed by atoms with Crippen molar-refractivity contribution in [2.45, 2.75) is 6.61 Å². The lowest BCUT2D eigenvalue weighted by atomic mass is 10.1. The highest BCUT2D eigenvalue weighted by molar-refractivity contribution is 6.07. The second kappa shape index (κ2) is 10.1. The van der Waals surface area contributed by atoms with Gasteiger partial charge in [-0.05, 0) is 42.0 Å². The number of allylic oxidation sites excluding steroid dienone is 1. The van der Waals surface area contributed by atoms with Crippen LogP contribution in [-0.2, 0) is 6.61 Å². The third kappa shape index (κ3) is 5.48. The van der Waals surface area contributed by atoms with Crippen LogP contribution >= 0.6 is 0 Å². The van der Waals surface area contributed by atoms with E-state index in [1.807, 2.05) is 12.1 Å². The largest absolute Gasteiger partial charge is 0.497 e.